The fraction of sp³-hybridized carbons (Fsp3) is 0.182. The van der Waals surface area contributed by atoms with Gasteiger partial charge in [0.05, 0.1) is 0 Å². The highest BCUT2D eigenvalue weighted by Gasteiger charge is 1.98. The highest BCUT2D eigenvalue weighted by Crippen LogP contribution is 2.22. The molecular weight excluding hydrogens is 200 g/mol. The van der Waals surface area contributed by atoms with Crippen LogP contribution in [0.1, 0.15) is 18.9 Å². The van der Waals surface area contributed by atoms with E-state index in [4.69, 9.17) is 11.6 Å². The predicted octanol–water partition coefficient (Wildman–Crippen LogP) is 3.04. The maximum absolute atomic E-state index is 11.0. The van der Waals surface area contributed by atoms with Crippen molar-refractivity contribution < 1.29 is 9.90 Å². The van der Waals surface area contributed by atoms with E-state index in [2.05, 4.69) is 0 Å². The molecule has 0 aliphatic heterocycles. The molecule has 0 aromatic heterocycles. The standard InChI is InChI=1S/C11H11ClO2/c1-2-10(13)5-3-8-7-9(12)4-6-11(8)14/h3-7,14H,2H2,1H3. The van der Waals surface area contributed by atoms with E-state index in [1.54, 1.807) is 25.1 Å². The van der Waals surface area contributed by atoms with Crippen LogP contribution < -0.4 is 0 Å². The quantitative estimate of drug-likeness (QED) is 0.779. The molecule has 0 aliphatic rings. The lowest BCUT2D eigenvalue weighted by atomic mass is 10.1. The smallest absolute Gasteiger partial charge is 0.155 e. The van der Waals surface area contributed by atoms with E-state index in [0.29, 0.717) is 17.0 Å². The summed E-state index contributed by atoms with van der Waals surface area (Å²) in [5, 5.41) is 9.93. The predicted molar refractivity (Wildman–Crippen MR) is 57.4 cm³/mol. The number of allylic oxidation sites excluding steroid dienone is 1. The van der Waals surface area contributed by atoms with Crippen LogP contribution in [0.15, 0.2) is 24.3 Å². The average molecular weight is 211 g/mol. The summed E-state index contributed by atoms with van der Waals surface area (Å²) in [7, 11) is 0. The Balaban J connectivity index is 2.90. The number of hydrogen-bond acceptors (Lipinski definition) is 2. The number of carbonyl (C=O) groups excluding carboxylic acids is 1. The highest BCUT2D eigenvalue weighted by atomic mass is 35.5. The van der Waals surface area contributed by atoms with E-state index < -0.39 is 0 Å². The molecule has 0 radical (unpaired) electrons. The molecule has 14 heavy (non-hydrogen) atoms. The van der Waals surface area contributed by atoms with Crippen molar-refractivity contribution in [2.45, 2.75) is 13.3 Å². The van der Waals surface area contributed by atoms with Crippen molar-refractivity contribution in [1.82, 2.24) is 0 Å². The van der Waals surface area contributed by atoms with Crippen molar-refractivity contribution in [2.24, 2.45) is 0 Å². The summed E-state index contributed by atoms with van der Waals surface area (Å²) < 4.78 is 0. The second-order valence-electron chi connectivity index (χ2n) is 2.86. The van der Waals surface area contributed by atoms with E-state index in [1.807, 2.05) is 0 Å². The van der Waals surface area contributed by atoms with E-state index in [1.165, 1.54) is 12.1 Å². The van der Waals surface area contributed by atoms with E-state index in [9.17, 15) is 9.90 Å². The molecular formula is C11H11ClO2. The van der Waals surface area contributed by atoms with Crippen molar-refractivity contribution >= 4 is 23.5 Å². The van der Waals surface area contributed by atoms with E-state index in [0.717, 1.165) is 0 Å². The summed E-state index contributed by atoms with van der Waals surface area (Å²) in [5.41, 5.74) is 0.555. The topological polar surface area (TPSA) is 37.3 Å². The molecule has 0 fully saturated rings. The van der Waals surface area contributed by atoms with Crippen LogP contribution >= 0.6 is 11.6 Å². The van der Waals surface area contributed by atoms with Gasteiger partial charge >= 0.3 is 0 Å². The second-order valence-corrected chi connectivity index (χ2v) is 3.29. The fourth-order valence-electron chi connectivity index (χ4n) is 0.959. The van der Waals surface area contributed by atoms with Gasteiger partial charge in [-0.05, 0) is 30.4 Å². The molecule has 0 spiro atoms. The number of phenols is 1. The number of benzene rings is 1. The zero-order valence-corrected chi connectivity index (χ0v) is 8.58. The first-order chi connectivity index (χ1) is 6.63. The van der Waals surface area contributed by atoms with Crippen LogP contribution in [0.4, 0.5) is 0 Å². The summed E-state index contributed by atoms with van der Waals surface area (Å²) in [5.74, 6) is 0.138. The van der Waals surface area contributed by atoms with Gasteiger partial charge < -0.3 is 5.11 Å². The Kier molecular flexibility index (Phi) is 3.72. The van der Waals surface area contributed by atoms with Gasteiger partial charge in [0.1, 0.15) is 5.75 Å². The summed E-state index contributed by atoms with van der Waals surface area (Å²) >= 11 is 5.74. The molecule has 0 saturated heterocycles. The summed E-state index contributed by atoms with van der Waals surface area (Å²) in [6.45, 7) is 1.78. The van der Waals surface area contributed by atoms with Crippen molar-refractivity contribution in [3.05, 3.63) is 34.9 Å². The zero-order chi connectivity index (χ0) is 10.6. The van der Waals surface area contributed by atoms with Crippen LogP contribution in [-0.4, -0.2) is 10.9 Å². The van der Waals surface area contributed by atoms with Crippen LogP contribution in [0.2, 0.25) is 5.02 Å². The number of halogens is 1. The van der Waals surface area contributed by atoms with E-state index in [-0.39, 0.29) is 11.5 Å². The fourth-order valence-corrected chi connectivity index (χ4v) is 1.14. The van der Waals surface area contributed by atoms with Crippen LogP contribution in [0.5, 0.6) is 5.75 Å². The number of hydrogen-bond donors (Lipinski definition) is 1. The number of rotatable bonds is 3. The lowest BCUT2D eigenvalue weighted by molar-refractivity contribution is -0.114. The maximum Gasteiger partial charge on any atom is 0.155 e. The first-order valence-electron chi connectivity index (χ1n) is 4.33. The van der Waals surface area contributed by atoms with Crippen LogP contribution in [0.25, 0.3) is 6.08 Å². The Morgan fingerprint density at radius 1 is 1.57 bits per heavy atom. The molecule has 0 atom stereocenters. The molecule has 74 valence electrons. The molecule has 0 amide bonds. The Labute approximate surface area is 87.8 Å². The summed E-state index contributed by atoms with van der Waals surface area (Å²) in [6, 6.07) is 4.70. The van der Waals surface area contributed by atoms with E-state index >= 15 is 0 Å². The molecule has 1 aromatic carbocycles. The normalized spacial score (nSPS) is 10.7. The van der Waals surface area contributed by atoms with Gasteiger partial charge in [0.25, 0.3) is 0 Å². The third kappa shape index (κ3) is 2.89. The minimum Gasteiger partial charge on any atom is -0.507 e. The second kappa shape index (κ2) is 4.82. The Hall–Kier alpha value is -1.28. The maximum atomic E-state index is 11.0. The summed E-state index contributed by atoms with van der Waals surface area (Å²) in [6.07, 6.45) is 3.45. The molecule has 0 bridgehead atoms. The Morgan fingerprint density at radius 2 is 2.29 bits per heavy atom. The minimum absolute atomic E-state index is 0.0179. The van der Waals surface area contributed by atoms with Gasteiger partial charge in [-0.3, -0.25) is 4.79 Å². The molecule has 0 unspecified atom stereocenters. The molecule has 1 N–H and O–H groups in total. The van der Waals surface area contributed by atoms with Gasteiger partial charge in [0.15, 0.2) is 5.78 Å². The van der Waals surface area contributed by atoms with Gasteiger partial charge in [-0.15, -0.1) is 0 Å². The first-order valence-corrected chi connectivity index (χ1v) is 4.70. The molecule has 3 heteroatoms. The highest BCUT2D eigenvalue weighted by molar-refractivity contribution is 6.30. The summed E-state index contributed by atoms with van der Waals surface area (Å²) in [4.78, 5) is 11.0. The average Bonchev–Trinajstić information content (AvgIpc) is 2.19. The SMILES string of the molecule is CCC(=O)C=Cc1cc(Cl)ccc1O. The number of aromatic hydroxyl groups is 1. The monoisotopic (exact) mass is 210 g/mol. The van der Waals surface area contributed by atoms with Gasteiger partial charge in [0.2, 0.25) is 0 Å². The zero-order valence-electron chi connectivity index (χ0n) is 7.83. The van der Waals surface area contributed by atoms with Crippen molar-refractivity contribution in [1.29, 1.82) is 0 Å². The van der Waals surface area contributed by atoms with Gasteiger partial charge in [-0.25, -0.2) is 0 Å². The lowest BCUT2D eigenvalue weighted by Crippen LogP contribution is -1.86. The largest absolute Gasteiger partial charge is 0.507 e. The Morgan fingerprint density at radius 3 is 2.93 bits per heavy atom. The van der Waals surface area contributed by atoms with Gasteiger partial charge in [-0.2, -0.15) is 0 Å². The van der Waals surface area contributed by atoms with Crippen molar-refractivity contribution in [3.63, 3.8) is 0 Å². The van der Waals surface area contributed by atoms with Crippen LogP contribution in [-0.2, 0) is 4.79 Å². The van der Waals surface area contributed by atoms with Crippen LogP contribution in [0.3, 0.4) is 0 Å². The molecule has 0 heterocycles. The lowest BCUT2D eigenvalue weighted by Gasteiger charge is -1.98. The Bertz CT molecular complexity index is 370. The van der Waals surface area contributed by atoms with Crippen molar-refractivity contribution in [2.75, 3.05) is 0 Å². The molecule has 0 aliphatic carbocycles. The molecule has 1 aromatic rings. The number of phenolic OH excluding ortho intramolecular Hbond substituents is 1. The number of carbonyl (C=O) groups is 1. The third-order valence-electron chi connectivity index (χ3n) is 1.79. The number of ketones is 1. The third-order valence-corrected chi connectivity index (χ3v) is 2.02. The van der Waals surface area contributed by atoms with Crippen LogP contribution in [0, 0.1) is 0 Å². The van der Waals surface area contributed by atoms with Gasteiger partial charge in [-0.1, -0.05) is 18.5 Å². The first kappa shape index (κ1) is 10.8. The molecule has 0 saturated carbocycles. The minimum atomic E-state index is 0.0179. The molecule has 1 rings (SSSR count). The van der Waals surface area contributed by atoms with Crippen molar-refractivity contribution in [3.8, 4) is 5.75 Å². The van der Waals surface area contributed by atoms with Gasteiger partial charge in [0, 0.05) is 17.0 Å². The molecule has 2 nitrogen and oxygen atoms in total.